The maximum Gasteiger partial charge on any atom is 0.573 e. The highest BCUT2D eigenvalue weighted by Gasteiger charge is 2.32. The highest BCUT2D eigenvalue weighted by Crippen LogP contribution is 2.36. The van der Waals surface area contributed by atoms with Crippen LogP contribution in [0, 0.1) is 0 Å². The van der Waals surface area contributed by atoms with Gasteiger partial charge in [-0.05, 0) is 18.2 Å². The molecular weight excluding hydrogens is 389 g/mol. The maximum atomic E-state index is 12.7. The summed E-state index contributed by atoms with van der Waals surface area (Å²) >= 11 is 1.23. The van der Waals surface area contributed by atoms with E-state index in [0.717, 1.165) is 6.42 Å². The van der Waals surface area contributed by atoms with Crippen LogP contribution in [0.4, 0.5) is 18.0 Å². The fourth-order valence-electron chi connectivity index (χ4n) is 2.22. The van der Waals surface area contributed by atoms with Gasteiger partial charge < -0.3 is 19.6 Å². The molecule has 8 nitrogen and oxygen atoms in total. The van der Waals surface area contributed by atoms with Crippen LogP contribution >= 0.6 is 11.8 Å². The molecule has 0 bridgehead atoms. The molecule has 0 fully saturated rings. The third-order valence-corrected chi connectivity index (χ3v) is 4.45. The van der Waals surface area contributed by atoms with Gasteiger partial charge in [0.1, 0.15) is 5.75 Å². The zero-order chi connectivity index (χ0) is 19.6. The van der Waals surface area contributed by atoms with E-state index in [1.54, 1.807) is 0 Å². The van der Waals surface area contributed by atoms with Crippen LogP contribution < -0.4 is 9.47 Å². The second-order valence-corrected chi connectivity index (χ2v) is 6.40. The molecule has 3 aromatic rings. The van der Waals surface area contributed by atoms with Crippen molar-refractivity contribution in [2.45, 2.75) is 24.6 Å². The van der Waals surface area contributed by atoms with Crippen LogP contribution in [-0.4, -0.2) is 43.1 Å². The summed E-state index contributed by atoms with van der Waals surface area (Å²) in [5.74, 6) is 0.453. The molecule has 12 heteroatoms. The quantitative estimate of drug-likeness (QED) is 0.470. The van der Waals surface area contributed by atoms with Gasteiger partial charge in [-0.25, -0.2) is 14.5 Å². The van der Waals surface area contributed by atoms with Crippen molar-refractivity contribution in [3.8, 4) is 17.4 Å². The third kappa shape index (κ3) is 4.64. The Morgan fingerprint density at radius 2 is 2.19 bits per heavy atom. The van der Waals surface area contributed by atoms with Gasteiger partial charge in [-0.3, -0.25) is 0 Å². The number of thioether (sulfide) groups is 1. The smallest absolute Gasteiger partial charge is 0.449 e. The Balaban J connectivity index is 1.98. The van der Waals surface area contributed by atoms with Gasteiger partial charge in [0.15, 0.2) is 5.75 Å². The largest absolute Gasteiger partial charge is 0.573 e. The van der Waals surface area contributed by atoms with E-state index in [9.17, 15) is 18.0 Å². The molecule has 0 atom stereocenters. The van der Waals surface area contributed by atoms with Crippen molar-refractivity contribution in [3.63, 3.8) is 0 Å². The zero-order valence-electron chi connectivity index (χ0n) is 13.8. The first-order chi connectivity index (χ1) is 12.7. The second kappa shape index (κ2) is 7.39. The Morgan fingerprint density at radius 3 is 2.85 bits per heavy atom. The van der Waals surface area contributed by atoms with E-state index in [1.165, 1.54) is 41.0 Å². The Kier molecular flexibility index (Phi) is 5.17. The average Bonchev–Trinajstić information content (AvgIpc) is 3.16. The zero-order valence-corrected chi connectivity index (χ0v) is 14.6. The summed E-state index contributed by atoms with van der Waals surface area (Å²) in [5.41, 5.74) is 0.718. The van der Waals surface area contributed by atoms with Gasteiger partial charge in [0.2, 0.25) is 5.95 Å². The average molecular weight is 402 g/mol. The molecule has 1 aromatic carbocycles. The predicted octanol–water partition coefficient (Wildman–Crippen LogP) is 4.21. The third-order valence-electron chi connectivity index (χ3n) is 3.20. The minimum Gasteiger partial charge on any atom is -0.449 e. The fraction of sp³-hybridized carbons (Fsp3) is 0.267. The Hall–Kier alpha value is -2.89. The van der Waals surface area contributed by atoms with Crippen LogP contribution in [0.25, 0.3) is 17.0 Å². The van der Waals surface area contributed by atoms with Crippen LogP contribution in [0.2, 0.25) is 0 Å². The number of carbonyl (C=O) groups is 1. The van der Waals surface area contributed by atoms with Crippen LogP contribution in [0.5, 0.6) is 11.5 Å². The van der Waals surface area contributed by atoms with E-state index in [0.29, 0.717) is 21.7 Å². The minimum absolute atomic E-state index is 0.0248. The Morgan fingerprint density at radius 1 is 1.41 bits per heavy atom. The number of H-pyrrole nitrogens is 1. The summed E-state index contributed by atoms with van der Waals surface area (Å²) in [6.45, 7) is 1.91. The number of fused-ring (bicyclic) bond motifs is 1. The molecule has 0 radical (unpaired) electrons. The molecule has 0 aliphatic heterocycles. The van der Waals surface area contributed by atoms with Crippen molar-refractivity contribution in [1.29, 1.82) is 0 Å². The lowest BCUT2D eigenvalue weighted by Crippen LogP contribution is -2.17. The van der Waals surface area contributed by atoms with Crippen molar-refractivity contribution in [1.82, 2.24) is 19.7 Å². The van der Waals surface area contributed by atoms with Crippen LogP contribution in [0.1, 0.15) is 13.3 Å². The van der Waals surface area contributed by atoms with E-state index >= 15 is 0 Å². The summed E-state index contributed by atoms with van der Waals surface area (Å²) in [5, 5.41) is 12.5. The van der Waals surface area contributed by atoms with E-state index in [2.05, 4.69) is 24.5 Å². The number of aromatic amines is 1. The number of alkyl halides is 3. The molecule has 2 heterocycles. The van der Waals surface area contributed by atoms with Crippen molar-refractivity contribution < 1.29 is 32.5 Å². The number of nitrogens with one attached hydrogen (secondary N) is 1. The first-order valence-corrected chi connectivity index (χ1v) is 8.62. The lowest BCUT2D eigenvalue weighted by molar-refractivity contribution is -0.275. The van der Waals surface area contributed by atoms with Crippen molar-refractivity contribution in [3.05, 3.63) is 24.5 Å². The first-order valence-electron chi connectivity index (χ1n) is 7.63. The molecule has 2 aromatic heterocycles. The summed E-state index contributed by atoms with van der Waals surface area (Å²) < 4.78 is 47.9. The SMILES string of the molecule is CCCSc1cc2nc(-n3cc(OC(=O)O)cn3)[nH]c2cc1OC(F)(F)F. The Labute approximate surface area is 154 Å². The molecular formula is C15H13F3N4O4S. The summed E-state index contributed by atoms with van der Waals surface area (Å²) in [7, 11) is 0. The molecule has 0 saturated heterocycles. The Bertz CT molecular complexity index is 970. The monoisotopic (exact) mass is 402 g/mol. The van der Waals surface area contributed by atoms with Gasteiger partial charge in [-0.15, -0.1) is 24.9 Å². The van der Waals surface area contributed by atoms with E-state index < -0.39 is 12.5 Å². The number of halogens is 3. The van der Waals surface area contributed by atoms with Gasteiger partial charge in [-0.1, -0.05) is 6.92 Å². The maximum absolute atomic E-state index is 12.7. The molecule has 0 amide bonds. The van der Waals surface area contributed by atoms with E-state index in [4.69, 9.17) is 5.11 Å². The highest BCUT2D eigenvalue weighted by molar-refractivity contribution is 7.99. The standard InChI is InChI=1S/C15H13F3N4O4S/c1-2-3-27-12-5-10-9(4-11(12)26-15(16,17)18)20-13(21-10)22-7-8(6-19-22)25-14(23)24/h4-7H,2-3H2,1H3,(H,20,21)(H,23,24). The van der Waals surface area contributed by atoms with Gasteiger partial charge in [0.05, 0.1) is 28.3 Å². The number of benzene rings is 1. The van der Waals surface area contributed by atoms with Gasteiger partial charge >= 0.3 is 12.5 Å². The number of imidazole rings is 1. The van der Waals surface area contributed by atoms with Crippen LogP contribution in [-0.2, 0) is 0 Å². The van der Waals surface area contributed by atoms with E-state index in [-0.39, 0.29) is 17.4 Å². The molecule has 3 rings (SSSR count). The highest BCUT2D eigenvalue weighted by atomic mass is 32.2. The predicted molar refractivity (Wildman–Crippen MR) is 89.6 cm³/mol. The van der Waals surface area contributed by atoms with Crippen LogP contribution in [0.15, 0.2) is 29.4 Å². The molecule has 0 aliphatic rings. The topological polar surface area (TPSA) is 102 Å². The van der Waals surface area contributed by atoms with Gasteiger partial charge in [0, 0.05) is 6.07 Å². The van der Waals surface area contributed by atoms with Crippen molar-refractivity contribution in [2.75, 3.05) is 5.75 Å². The number of rotatable bonds is 6. The molecule has 0 unspecified atom stereocenters. The van der Waals surface area contributed by atoms with E-state index in [1.807, 2.05) is 6.92 Å². The lowest BCUT2D eigenvalue weighted by atomic mass is 10.3. The minimum atomic E-state index is -4.82. The molecule has 2 N–H and O–H groups in total. The molecule has 0 aliphatic carbocycles. The lowest BCUT2D eigenvalue weighted by Gasteiger charge is -2.12. The number of hydrogen-bond donors (Lipinski definition) is 2. The normalized spacial score (nSPS) is 11.7. The summed E-state index contributed by atoms with van der Waals surface area (Å²) in [6.07, 6.45) is -3.10. The van der Waals surface area contributed by atoms with Gasteiger partial charge in [0.25, 0.3) is 0 Å². The first kappa shape index (κ1) is 18.9. The van der Waals surface area contributed by atoms with Gasteiger partial charge in [-0.2, -0.15) is 5.10 Å². The van der Waals surface area contributed by atoms with Crippen molar-refractivity contribution >= 4 is 29.0 Å². The number of nitrogens with zero attached hydrogens (tertiary/aromatic N) is 3. The summed E-state index contributed by atoms with van der Waals surface area (Å²) in [6, 6.07) is 2.71. The number of hydrogen-bond acceptors (Lipinski definition) is 6. The number of aromatic nitrogens is 4. The summed E-state index contributed by atoms with van der Waals surface area (Å²) in [4.78, 5) is 17.9. The van der Waals surface area contributed by atoms with Crippen LogP contribution in [0.3, 0.4) is 0 Å². The molecule has 144 valence electrons. The molecule has 0 saturated carbocycles. The fourth-order valence-corrected chi connectivity index (χ4v) is 3.08. The number of carboxylic acid groups (broad SMARTS) is 1. The molecule has 0 spiro atoms. The second-order valence-electron chi connectivity index (χ2n) is 5.26. The van der Waals surface area contributed by atoms with Crippen molar-refractivity contribution in [2.24, 2.45) is 0 Å². The number of ether oxygens (including phenoxy) is 2. The molecule has 27 heavy (non-hydrogen) atoms.